The summed E-state index contributed by atoms with van der Waals surface area (Å²) in [5.74, 6) is 0.221. The Morgan fingerprint density at radius 2 is 2.15 bits per heavy atom. The third-order valence-electron chi connectivity index (χ3n) is 2.60. The first-order valence-electron chi connectivity index (χ1n) is 6.23. The molecule has 2 aromatic rings. The molecule has 2 rings (SSSR count). The van der Waals surface area contributed by atoms with Crippen LogP contribution in [0.5, 0.6) is 0 Å². The zero-order valence-corrected chi connectivity index (χ0v) is 12.0. The van der Waals surface area contributed by atoms with Gasteiger partial charge < -0.3 is 10.6 Å². The van der Waals surface area contributed by atoms with E-state index in [9.17, 15) is 4.79 Å². The van der Waals surface area contributed by atoms with Gasteiger partial charge >= 0.3 is 0 Å². The van der Waals surface area contributed by atoms with E-state index in [0.717, 1.165) is 5.56 Å². The molecule has 104 valence electrons. The van der Waals surface area contributed by atoms with E-state index >= 15 is 0 Å². The first kappa shape index (κ1) is 14.3. The number of benzene rings is 1. The molecule has 5 nitrogen and oxygen atoms in total. The molecule has 0 unspecified atom stereocenters. The summed E-state index contributed by atoms with van der Waals surface area (Å²) in [6.45, 7) is 4.59. The van der Waals surface area contributed by atoms with E-state index in [4.69, 9.17) is 11.6 Å². The third kappa shape index (κ3) is 3.45. The van der Waals surface area contributed by atoms with Gasteiger partial charge in [-0.1, -0.05) is 17.7 Å². The second-order valence-electron chi connectivity index (χ2n) is 4.26. The number of carbonyl (C=O) groups excluding carboxylic acids is 1. The van der Waals surface area contributed by atoms with Crippen molar-refractivity contribution < 1.29 is 4.79 Å². The average molecular weight is 291 g/mol. The fourth-order valence-corrected chi connectivity index (χ4v) is 1.93. The van der Waals surface area contributed by atoms with Crippen molar-refractivity contribution in [2.24, 2.45) is 0 Å². The van der Waals surface area contributed by atoms with Gasteiger partial charge in [-0.2, -0.15) is 0 Å². The maximum Gasteiger partial charge on any atom is 0.275 e. The lowest BCUT2D eigenvalue weighted by Gasteiger charge is -2.08. The topological polar surface area (TPSA) is 66.9 Å². The van der Waals surface area contributed by atoms with Gasteiger partial charge in [0.15, 0.2) is 0 Å². The van der Waals surface area contributed by atoms with Crippen LogP contribution in [0.25, 0.3) is 0 Å². The monoisotopic (exact) mass is 290 g/mol. The molecule has 2 N–H and O–H groups in total. The molecule has 0 spiro atoms. The van der Waals surface area contributed by atoms with Crippen molar-refractivity contribution in [3.63, 3.8) is 0 Å². The minimum Gasteiger partial charge on any atom is -0.369 e. The zero-order valence-electron chi connectivity index (χ0n) is 11.3. The molecule has 0 aliphatic heterocycles. The van der Waals surface area contributed by atoms with Gasteiger partial charge in [-0.3, -0.25) is 9.78 Å². The second kappa shape index (κ2) is 6.34. The van der Waals surface area contributed by atoms with Crippen molar-refractivity contribution in [3.8, 4) is 0 Å². The number of hydrogen-bond donors (Lipinski definition) is 2. The molecule has 0 fully saturated rings. The Hall–Kier alpha value is -2.14. The highest BCUT2D eigenvalue weighted by Crippen LogP contribution is 2.23. The molecular weight excluding hydrogens is 276 g/mol. The van der Waals surface area contributed by atoms with Crippen LogP contribution in [0.1, 0.15) is 23.0 Å². The van der Waals surface area contributed by atoms with Gasteiger partial charge in [0.05, 0.1) is 23.1 Å². The minimum absolute atomic E-state index is 0.236. The van der Waals surface area contributed by atoms with Crippen LogP contribution in [0.4, 0.5) is 11.5 Å². The number of anilines is 2. The van der Waals surface area contributed by atoms with Crippen molar-refractivity contribution in [2.45, 2.75) is 13.8 Å². The van der Waals surface area contributed by atoms with Crippen LogP contribution < -0.4 is 10.6 Å². The minimum atomic E-state index is -0.344. The Morgan fingerprint density at radius 3 is 2.85 bits per heavy atom. The van der Waals surface area contributed by atoms with Crippen LogP contribution in [0.15, 0.2) is 30.6 Å². The van der Waals surface area contributed by atoms with Crippen LogP contribution in [-0.4, -0.2) is 22.4 Å². The molecule has 1 aromatic heterocycles. The van der Waals surface area contributed by atoms with Gasteiger partial charge in [-0.25, -0.2) is 4.98 Å². The Bertz CT molecular complexity index is 630. The SMILES string of the molecule is CCNc1cncc(C(=O)Nc2ccc(C)cc2Cl)n1. The largest absolute Gasteiger partial charge is 0.369 e. The van der Waals surface area contributed by atoms with E-state index in [1.54, 1.807) is 18.3 Å². The van der Waals surface area contributed by atoms with E-state index < -0.39 is 0 Å². The van der Waals surface area contributed by atoms with Crippen LogP contribution in [0.3, 0.4) is 0 Å². The molecule has 20 heavy (non-hydrogen) atoms. The first-order valence-corrected chi connectivity index (χ1v) is 6.61. The van der Waals surface area contributed by atoms with Gasteiger partial charge in [0.2, 0.25) is 0 Å². The van der Waals surface area contributed by atoms with Gasteiger partial charge in [0.1, 0.15) is 11.5 Å². The molecule has 0 bridgehead atoms. The van der Waals surface area contributed by atoms with Crippen molar-refractivity contribution in [3.05, 3.63) is 46.9 Å². The van der Waals surface area contributed by atoms with Gasteiger partial charge in [0, 0.05) is 6.54 Å². The van der Waals surface area contributed by atoms with E-state index in [1.807, 2.05) is 19.9 Å². The number of carbonyl (C=O) groups is 1. The normalized spacial score (nSPS) is 10.2. The maximum absolute atomic E-state index is 12.1. The summed E-state index contributed by atoms with van der Waals surface area (Å²) in [6, 6.07) is 5.43. The Morgan fingerprint density at radius 1 is 1.35 bits per heavy atom. The number of nitrogens with zero attached hydrogens (tertiary/aromatic N) is 2. The number of aryl methyl sites for hydroxylation is 1. The highest BCUT2D eigenvalue weighted by Gasteiger charge is 2.11. The van der Waals surface area contributed by atoms with E-state index in [1.165, 1.54) is 6.20 Å². The molecular formula is C14H15ClN4O. The van der Waals surface area contributed by atoms with Crippen LogP contribution in [0, 0.1) is 6.92 Å². The number of rotatable bonds is 4. The van der Waals surface area contributed by atoms with Crippen molar-refractivity contribution >= 4 is 29.0 Å². The number of aromatic nitrogens is 2. The molecule has 6 heteroatoms. The van der Waals surface area contributed by atoms with Crippen LogP contribution in [0.2, 0.25) is 5.02 Å². The van der Waals surface area contributed by atoms with Crippen molar-refractivity contribution in [1.29, 1.82) is 0 Å². The standard InChI is InChI=1S/C14H15ClN4O/c1-3-17-13-8-16-7-12(18-13)14(20)19-11-5-4-9(2)6-10(11)15/h4-8H,3H2,1-2H3,(H,17,18)(H,19,20). The maximum atomic E-state index is 12.1. The first-order chi connectivity index (χ1) is 9.60. The zero-order chi connectivity index (χ0) is 14.5. The lowest BCUT2D eigenvalue weighted by Crippen LogP contribution is -2.15. The summed E-state index contributed by atoms with van der Waals surface area (Å²) in [5.41, 5.74) is 1.82. The fourth-order valence-electron chi connectivity index (χ4n) is 1.65. The number of halogens is 1. The molecule has 0 atom stereocenters. The third-order valence-corrected chi connectivity index (χ3v) is 2.91. The van der Waals surface area contributed by atoms with E-state index in [2.05, 4.69) is 20.6 Å². The molecule has 1 amide bonds. The molecule has 0 aliphatic rings. The van der Waals surface area contributed by atoms with Crippen LogP contribution in [-0.2, 0) is 0 Å². The fraction of sp³-hybridized carbons (Fsp3) is 0.214. The predicted molar refractivity (Wildman–Crippen MR) is 80.3 cm³/mol. The van der Waals surface area contributed by atoms with Gasteiger partial charge in [-0.05, 0) is 31.5 Å². The summed E-state index contributed by atoms with van der Waals surface area (Å²) in [7, 11) is 0. The summed E-state index contributed by atoms with van der Waals surface area (Å²) >= 11 is 6.08. The number of amides is 1. The highest BCUT2D eigenvalue weighted by molar-refractivity contribution is 6.34. The molecule has 0 aliphatic carbocycles. The molecule has 1 heterocycles. The van der Waals surface area contributed by atoms with E-state index in [-0.39, 0.29) is 11.6 Å². The quantitative estimate of drug-likeness (QED) is 0.908. The molecule has 0 saturated heterocycles. The molecule has 0 radical (unpaired) electrons. The Labute approximate surface area is 122 Å². The van der Waals surface area contributed by atoms with Gasteiger partial charge in [-0.15, -0.1) is 0 Å². The average Bonchev–Trinajstić information content (AvgIpc) is 2.42. The summed E-state index contributed by atoms with van der Waals surface area (Å²) in [4.78, 5) is 20.3. The predicted octanol–water partition coefficient (Wildman–Crippen LogP) is 3.12. The Kier molecular flexibility index (Phi) is 4.53. The Balaban J connectivity index is 2.17. The summed E-state index contributed by atoms with van der Waals surface area (Å²) in [6.07, 6.45) is 2.98. The van der Waals surface area contributed by atoms with Gasteiger partial charge in [0.25, 0.3) is 5.91 Å². The van der Waals surface area contributed by atoms with Crippen molar-refractivity contribution in [1.82, 2.24) is 9.97 Å². The van der Waals surface area contributed by atoms with E-state index in [0.29, 0.717) is 23.1 Å². The highest BCUT2D eigenvalue weighted by atomic mass is 35.5. The molecule has 0 saturated carbocycles. The summed E-state index contributed by atoms with van der Waals surface area (Å²) < 4.78 is 0. The lowest BCUT2D eigenvalue weighted by molar-refractivity contribution is 0.102. The number of nitrogens with one attached hydrogen (secondary N) is 2. The summed E-state index contributed by atoms with van der Waals surface area (Å²) in [5, 5.41) is 6.22. The second-order valence-corrected chi connectivity index (χ2v) is 4.66. The van der Waals surface area contributed by atoms with Crippen LogP contribution >= 0.6 is 11.6 Å². The van der Waals surface area contributed by atoms with Crippen molar-refractivity contribution in [2.75, 3.05) is 17.2 Å². The number of hydrogen-bond acceptors (Lipinski definition) is 4. The smallest absolute Gasteiger partial charge is 0.275 e. The molecule has 1 aromatic carbocycles. The lowest BCUT2D eigenvalue weighted by atomic mass is 10.2.